The Kier molecular flexibility index (Phi) is 23.0. The van der Waals surface area contributed by atoms with Gasteiger partial charge in [-0.1, -0.05) is 66.4 Å². The zero-order valence-corrected chi connectivity index (χ0v) is 57.0. The molecule has 21 N–H and O–H groups in total. The highest BCUT2D eigenvalue weighted by Crippen LogP contribution is 2.50. The molecule has 19 atom stereocenters. The number of aliphatic carboxylic acids is 1. The Morgan fingerprint density at radius 3 is 1.90 bits per heavy atom. The van der Waals surface area contributed by atoms with Gasteiger partial charge in [-0.25, -0.2) is 4.79 Å². The first-order valence-corrected chi connectivity index (χ1v) is 32.9. The number of carboxylic acids is 1. The number of aromatic hydroxyl groups is 3. The van der Waals surface area contributed by atoms with Gasteiger partial charge < -0.3 is 128 Å². The highest BCUT2D eigenvalue weighted by molar-refractivity contribution is 6.32. The zero-order chi connectivity index (χ0) is 75.8. The van der Waals surface area contributed by atoms with Gasteiger partial charge in [-0.3, -0.25) is 33.6 Å². The molecule has 556 valence electrons. The number of carboxylic acid groups (broad SMARTS) is 1. The van der Waals surface area contributed by atoms with Crippen molar-refractivity contribution < 1.29 is 118 Å². The Morgan fingerprint density at radius 1 is 0.712 bits per heavy atom. The van der Waals surface area contributed by atoms with Crippen LogP contribution in [0.4, 0.5) is 0 Å². The van der Waals surface area contributed by atoms with Crippen LogP contribution in [0.25, 0.3) is 21.6 Å². The molecule has 0 aromatic heterocycles. The topological polar surface area (TPSA) is 579 Å². The van der Waals surface area contributed by atoms with E-state index >= 15 is 14.4 Å². The van der Waals surface area contributed by atoms with Crippen LogP contribution in [0.5, 0.6) is 46.0 Å². The molecule has 7 heterocycles. The van der Waals surface area contributed by atoms with Crippen molar-refractivity contribution >= 4 is 70.5 Å². The molecule has 7 amide bonds. The number of hydrogen-bond acceptors (Lipinski definition) is 26. The number of rotatable bonds is 14. The minimum absolute atomic E-state index is 0.114. The average molecular weight is 1490 g/mol. The second-order valence-electron chi connectivity index (χ2n) is 26.0. The van der Waals surface area contributed by atoms with Gasteiger partial charge in [0.1, 0.15) is 84.1 Å². The molecule has 5 aromatic rings. The lowest BCUT2D eigenvalue weighted by Crippen LogP contribution is -2.71. The lowest BCUT2D eigenvalue weighted by Gasteiger charge is -2.49. The number of amides is 7. The fourth-order valence-electron chi connectivity index (χ4n) is 12.5. The third-order valence-corrected chi connectivity index (χ3v) is 18.8. The second-order valence-corrected chi connectivity index (χ2v) is 26.8. The van der Waals surface area contributed by atoms with Gasteiger partial charge in [-0.2, -0.15) is 0 Å². The van der Waals surface area contributed by atoms with Crippen LogP contribution in [0.15, 0.2) is 84.0 Å². The van der Waals surface area contributed by atoms with Gasteiger partial charge in [0.2, 0.25) is 53.4 Å². The Balaban J connectivity index is 1.25. The molecule has 2 saturated heterocycles. The van der Waals surface area contributed by atoms with E-state index in [1.807, 2.05) is 0 Å². The molecule has 2 fully saturated rings. The Bertz CT molecular complexity index is 4260. The van der Waals surface area contributed by atoms with Crippen LogP contribution in [-0.2, 0) is 52.6 Å². The smallest absolute Gasteiger partial charge is 0.330 e. The minimum Gasteiger partial charge on any atom is -0.507 e. The molecule has 5 aromatic carbocycles. The molecule has 11 bridgehead atoms. The highest BCUT2D eigenvalue weighted by Gasteiger charge is 2.55. The summed E-state index contributed by atoms with van der Waals surface area (Å²) < 4.78 is 38.2. The average Bonchev–Trinajstić information content (AvgIpc) is 0.767. The van der Waals surface area contributed by atoms with Crippen molar-refractivity contribution in [1.82, 2.24) is 37.2 Å². The molecule has 0 saturated carbocycles. The van der Waals surface area contributed by atoms with E-state index < -0.39 is 259 Å². The largest absolute Gasteiger partial charge is 0.507 e. The van der Waals surface area contributed by atoms with E-state index in [0.29, 0.717) is 0 Å². The number of likely N-dealkylation sites (N-methyl/N-ethyl adjacent to an activating group) is 1. The fraction of sp³-hybridized carbons (Fsp3) is 0.424. The van der Waals surface area contributed by atoms with Crippen molar-refractivity contribution in [3.05, 3.63) is 127 Å². The van der Waals surface area contributed by atoms with Gasteiger partial charge >= 0.3 is 5.97 Å². The van der Waals surface area contributed by atoms with E-state index in [-0.39, 0.29) is 23.5 Å². The van der Waals surface area contributed by atoms with E-state index in [1.54, 1.807) is 13.8 Å². The van der Waals surface area contributed by atoms with Gasteiger partial charge in [-0.05, 0) is 121 Å². The first kappa shape index (κ1) is 76.7. The Morgan fingerprint density at radius 2 is 1.31 bits per heavy atom. The number of ether oxygens (including phenoxy) is 6. The number of phenols is 3. The number of halogens is 2. The summed E-state index contributed by atoms with van der Waals surface area (Å²) in [6, 6.07) is -0.965. The Labute approximate surface area is 599 Å². The molecule has 38 heteroatoms. The molecule has 7 aliphatic heterocycles. The summed E-state index contributed by atoms with van der Waals surface area (Å²) in [6.45, 7) is 5.54. The van der Waals surface area contributed by atoms with Gasteiger partial charge in [0.15, 0.2) is 41.4 Å². The number of nitrogens with one attached hydrogen (secondary N) is 7. The van der Waals surface area contributed by atoms with Crippen molar-refractivity contribution in [2.24, 2.45) is 22.5 Å². The third kappa shape index (κ3) is 15.8. The summed E-state index contributed by atoms with van der Waals surface area (Å²) >= 11 is 14.1. The SMILES string of the molecule is CN[C@H](CC(C)C)C(=O)N[C@H]1C(=O)N[C@@H](CC(N)=O)C(=O)N[C@H]2C(=O)N[C@H]3C(=O)N[C@H](C(=O)N[C@H](C(=O)O)c4ccc(O)c(O)c4-c4cc3ccc4O)[C@H](O)c3ccc(c(Cl)c3)Oc3cc2cc(c3O[C@@H]2O[C@H](CN=[N+]=[N-])[C@@H](O)[C@H](O)[C@H]2O[C@@H]2O[C@@H](C)[C@@H](O)[C@@](C)(N)[C@H]2O)Oc2ccc(cc2Cl)[C@H]1O. The summed E-state index contributed by atoms with van der Waals surface area (Å²) in [5, 5.41) is 135. The van der Waals surface area contributed by atoms with Crippen molar-refractivity contribution in [3.8, 4) is 57.1 Å². The lowest BCUT2D eigenvalue weighted by atomic mass is 9.83. The van der Waals surface area contributed by atoms with E-state index in [9.17, 15) is 80.6 Å². The summed E-state index contributed by atoms with van der Waals surface area (Å²) in [5.74, 6) is -16.8. The van der Waals surface area contributed by atoms with Gasteiger partial charge in [0, 0.05) is 16.0 Å². The molecular formula is C66H74Cl2N12O24. The molecule has 104 heavy (non-hydrogen) atoms. The number of carbonyl (C=O) groups excluding carboxylic acids is 7. The fourth-order valence-corrected chi connectivity index (χ4v) is 13.0. The van der Waals surface area contributed by atoms with Crippen LogP contribution < -0.4 is 62.9 Å². The number of aliphatic hydroxyl groups is 6. The molecule has 0 aliphatic carbocycles. The Hall–Kier alpha value is -9.89. The predicted octanol–water partition coefficient (Wildman–Crippen LogP) is 0.395. The first-order valence-electron chi connectivity index (χ1n) is 32.1. The quantitative estimate of drug-likeness (QED) is 0.0309. The van der Waals surface area contributed by atoms with Gasteiger partial charge in [0.05, 0.1) is 46.8 Å². The van der Waals surface area contributed by atoms with Crippen molar-refractivity contribution in [2.75, 3.05) is 13.6 Å². The maximum absolute atomic E-state index is 16.1. The number of aliphatic hydroxyl groups excluding tert-OH is 6. The number of fused-ring (bicyclic) bond motifs is 15. The number of primary amides is 1. The molecule has 7 aliphatic rings. The minimum atomic E-state index is -2.40. The number of hydrogen-bond donors (Lipinski definition) is 19. The van der Waals surface area contributed by atoms with Crippen LogP contribution in [0.3, 0.4) is 0 Å². The molecule has 36 nitrogen and oxygen atoms in total. The van der Waals surface area contributed by atoms with E-state index in [4.69, 9.17) is 63.1 Å². The second kappa shape index (κ2) is 31.2. The number of nitrogens with zero attached hydrogens (tertiary/aromatic N) is 3. The normalized spacial score (nSPS) is 29.5. The van der Waals surface area contributed by atoms with Crippen molar-refractivity contribution in [2.45, 2.75) is 156 Å². The maximum Gasteiger partial charge on any atom is 0.330 e. The summed E-state index contributed by atoms with van der Waals surface area (Å²) in [6.07, 6.45) is -21.9. The maximum atomic E-state index is 16.1. The van der Waals surface area contributed by atoms with Crippen molar-refractivity contribution in [3.63, 3.8) is 0 Å². The molecule has 0 radical (unpaired) electrons. The monoisotopic (exact) mass is 1490 g/mol. The summed E-state index contributed by atoms with van der Waals surface area (Å²) in [7, 11) is 1.46. The number of benzene rings is 5. The molecular weight excluding hydrogens is 1420 g/mol. The lowest BCUT2D eigenvalue weighted by molar-refractivity contribution is -0.349. The van der Waals surface area contributed by atoms with Crippen LogP contribution in [0, 0.1) is 5.92 Å². The van der Waals surface area contributed by atoms with E-state index in [1.165, 1.54) is 27.0 Å². The predicted molar refractivity (Wildman–Crippen MR) is 358 cm³/mol. The van der Waals surface area contributed by atoms with Gasteiger partial charge in [0.25, 0.3) is 0 Å². The van der Waals surface area contributed by atoms with Gasteiger partial charge in [-0.15, -0.1) is 0 Å². The standard InChI is InChI=1S/C66H74Cl2N12O24/c1-22(2)14-32(72-5)57(91)78-46-48(84)25-7-12-36(30(67)16-25)100-38-18-27-19-39(53(38)103-64-54(52(88)51(87)40(102-64)21-73-80-71)104-65-56(90)66(4,70)55(89)23(3)99-65)101-37-13-8-26(17-31(37)68)49(85)47-62(96)77-45(63(97)98)28-9-11-35(82)50(86)42(28)29-15-24(6-10-34(29)81)43(59(93)79-47)76-60(94)44(27)75-58(92)33(20-41(69)83)74-61(46)95/h6-13,15-19,22-23,32-33,40,43-49,51-52,54-56,64-65,72,81-82,84-90H,14,20-21,70H2,1-5H3,(H2,69,83)(H,74,95)(H,75,92)(H,76,94)(H,77,96)(H,78,91)(H,79,93)(H,97,98)/t23-,32+,33-,40+,43+,44+,45-,46+,47-,48+,49+,51+,52-,54+,55+,56-,64-,65-,66+/m0/s1. The highest BCUT2D eigenvalue weighted by atomic mass is 35.5. The van der Waals surface area contributed by atoms with Crippen LogP contribution in [-0.4, -0.2) is 197 Å². The first-order chi connectivity index (χ1) is 49.1. The van der Waals surface area contributed by atoms with E-state index in [0.717, 1.165) is 72.8 Å². The third-order valence-electron chi connectivity index (χ3n) is 18.2. The molecule has 0 spiro atoms. The van der Waals surface area contributed by atoms with E-state index in [2.05, 4.69) is 47.2 Å². The van der Waals surface area contributed by atoms with Crippen LogP contribution >= 0.6 is 23.2 Å². The number of nitrogens with two attached hydrogens (primary N) is 2. The summed E-state index contributed by atoms with van der Waals surface area (Å²) in [4.78, 5) is 120. The van der Waals surface area contributed by atoms with Crippen molar-refractivity contribution in [1.29, 1.82) is 0 Å². The molecule has 12 rings (SSSR count). The number of carbonyl (C=O) groups is 8. The zero-order valence-electron chi connectivity index (χ0n) is 55.5. The number of phenolic OH excluding ortho intramolecular Hbond substituents is 3. The number of azide groups is 1. The summed E-state index contributed by atoms with van der Waals surface area (Å²) in [5.41, 5.74) is 16.6. The molecule has 0 unspecified atom stereocenters. The van der Waals surface area contributed by atoms with Crippen LogP contribution in [0.1, 0.15) is 98.7 Å². The van der Waals surface area contributed by atoms with Crippen LogP contribution in [0.2, 0.25) is 10.0 Å².